The Morgan fingerprint density at radius 3 is 2.17 bits per heavy atom. The molecule has 1 heterocycles. The van der Waals surface area contributed by atoms with Gasteiger partial charge in [0.1, 0.15) is 10.6 Å². The van der Waals surface area contributed by atoms with Crippen LogP contribution in [0, 0.1) is 5.41 Å². The second-order valence-electron chi connectivity index (χ2n) is 10.6. The van der Waals surface area contributed by atoms with Gasteiger partial charge in [0.25, 0.3) is 0 Å². The van der Waals surface area contributed by atoms with Crippen molar-refractivity contribution in [2.75, 3.05) is 54.3 Å². The van der Waals surface area contributed by atoms with E-state index in [-0.39, 0.29) is 16.7 Å². The summed E-state index contributed by atoms with van der Waals surface area (Å²) in [7, 11) is -2.31. The quantitative estimate of drug-likeness (QED) is 0.316. The zero-order chi connectivity index (χ0) is 28.9. The molecule has 1 aliphatic rings. The molecule has 0 radical (unpaired) electrons. The van der Waals surface area contributed by atoms with Gasteiger partial charge >= 0.3 is 0 Å². The van der Waals surface area contributed by atoms with Gasteiger partial charge in [-0.25, -0.2) is 13.1 Å². The number of hydrogen-bond donors (Lipinski definition) is 2. The first-order chi connectivity index (χ1) is 19.1. The zero-order valence-corrected chi connectivity index (χ0v) is 24.9. The van der Waals surface area contributed by atoms with Crippen LogP contribution >= 0.6 is 11.6 Å². The fourth-order valence-electron chi connectivity index (χ4n) is 4.61. The molecule has 0 unspecified atom stereocenters. The normalized spacial score (nSPS) is 15.0. The van der Waals surface area contributed by atoms with Crippen molar-refractivity contribution in [3.63, 3.8) is 0 Å². The lowest BCUT2D eigenvalue weighted by Gasteiger charge is -2.38. The molecule has 1 fully saturated rings. The summed E-state index contributed by atoms with van der Waals surface area (Å²) in [6, 6.07) is 21.9. The number of carbonyl (C=O) groups is 1. The van der Waals surface area contributed by atoms with Gasteiger partial charge in [0, 0.05) is 43.8 Å². The molecule has 214 valence electrons. The number of ether oxygens (including phenoxy) is 1. The van der Waals surface area contributed by atoms with E-state index in [2.05, 4.69) is 19.8 Å². The summed E-state index contributed by atoms with van der Waals surface area (Å²) in [4.78, 5) is 17.2. The number of para-hydroxylation sites is 2. The number of carbonyl (C=O) groups excluding carboxylic acids is 1. The van der Waals surface area contributed by atoms with Gasteiger partial charge in [-0.05, 0) is 56.7 Å². The summed E-state index contributed by atoms with van der Waals surface area (Å²) in [6.45, 7) is 7.90. The van der Waals surface area contributed by atoms with Crippen LogP contribution in [0.1, 0.15) is 32.4 Å². The van der Waals surface area contributed by atoms with Gasteiger partial charge < -0.3 is 19.9 Å². The summed E-state index contributed by atoms with van der Waals surface area (Å²) >= 11 is 5.99. The Balaban J connectivity index is 1.63. The second-order valence-corrected chi connectivity index (χ2v) is 12.5. The standard InChI is InChI=1S/C30H37ClN4O4S/c1-22(23-10-6-5-7-11-23)33-40(37,38)28-20-24(32-29(36)30(2,3)21-31)14-15-26(28)35-18-16-34(17-19-35)25-12-8-9-13-27(25)39-4/h5-15,20,22,33H,16-19,21H2,1-4H3,(H,32,36)/t22-/m0/s1. The molecule has 1 saturated heterocycles. The summed E-state index contributed by atoms with van der Waals surface area (Å²) in [5, 5.41) is 2.85. The highest BCUT2D eigenvalue weighted by molar-refractivity contribution is 7.89. The minimum absolute atomic E-state index is 0.113. The van der Waals surface area contributed by atoms with Crippen LogP contribution in [-0.2, 0) is 14.8 Å². The molecule has 2 N–H and O–H groups in total. The number of halogens is 1. The average Bonchev–Trinajstić information content (AvgIpc) is 2.97. The number of nitrogens with one attached hydrogen (secondary N) is 2. The molecule has 4 rings (SSSR count). The molecule has 0 spiro atoms. The smallest absolute Gasteiger partial charge is 0.243 e. The van der Waals surface area contributed by atoms with Crippen LogP contribution in [0.2, 0.25) is 0 Å². The number of methoxy groups -OCH3 is 1. The predicted molar refractivity (Wildman–Crippen MR) is 162 cm³/mol. The maximum Gasteiger partial charge on any atom is 0.243 e. The Morgan fingerprint density at radius 1 is 0.950 bits per heavy atom. The molecule has 0 saturated carbocycles. The molecule has 0 aliphatic carbocycles. The fraction of sp³-hybridized carbons (Fsp3) is 0.367. The van der Waals surface area contributed by atoms with Crippen LogP contribution < -0.4 is 24.6 Å². The lowest BCUT2D eigenvalue weighted by molar-refractivity contribution is -0.122. The Labute approximate surface area is 242 Å². The number of sulfonamides is 1. The first kappa shape index (κ1) is 29.7. The lowest BCUT2D eigenvalue weighted by atomic mass is 9.95. The third kappa shape index (κ3) is 6.71. The number of rotatable bonds is 10. The van der Waals surface area contributed by atoms with E-state index in [1.54, 1.807) is 33.1 Å². The first-order valence-corrected chi connectivity index (χ1v) is 15.3. The van der Waals surface area contributed by atoms with Crippen molar-refractivity contribution in [3.8, 4) is 5.75 Å². The minimum atomic E-state index is -3.97. The van der Waals surface area contributed by atoms with Crippen molar-refractivity contribution < 1.29 is 17.9 Å². The molecule has 1 aliphatic heterocycles. The summed E-state index contributed by atoms with van der Waals surface area (Å²) < 4.78 is 36.0. The largest absolute Gasteiger partial charge is 0.495 e. The Morgan fingerprint density at radius 2 is 1.55 bits per heavy atom. The molecule has 10 heteroatoms. The maximum atomic E-state index is 13.8. The molecule has 1 atom stereocenters. The number of anilines is 3. The number of benzene rings is 3. The number of amides is 1. The van der Waals surface area contributed by atoms with Crippen molar-refractivity contribution in [2.45, 2.75) is 31.7 Å². The van der Waals surface area contributed by atoms with Gasteiger partial charge in [0.15, 0.2) is 0 Å². The summed E-state index contributed by atoms with van der Waals surface area (Å²) in [5.41, 5.74) is 2.03. The van der Waals surface area contributed by atoms with Crippen LogP contribution in [-0.4, -0.2) is 53.5 Å². The molecular formula is C30H37ClN4O4S. The highest BCUT2D eigenvalue weighted by Crippen LogP contribution is 2.33. The zero-order valence-electron chi connectivity index (χ0n) is 23.4. The second kappa shape index (κ2) is 12.5. The molecule has 3 aromatic rings. The van der Waals surface area contributed by atoms with Crippen LogP contribution in [0.5, 0.6) is 5.75 Å². The van der Waals surface area contributed by atoms with E-state index < -0.39 is 21.5 Å². The number of alkyl halides is 1. The number of nitrogens with zero attached hydrogens (tertiary/aromatic N) is 2. The van der Waals surface area contributed by atoms with E-state index in [0.717, 1.165) is 17.0 Å². The monoisotopic (exact) mass is 584 g/mol. The van der Waals surface area contributed by atoms with E-state index in [1.807, 2.05) is 61.5 Å². The third-order valence-electron chi connectivity index (χ3n) is 7.13. The fourth-order valence-corrected chi connectivity index (χ4v) is 6.22. The summed E-state index contributed by atoms with van der Waals surface area (Å²) in [6.07, 6.45) is 0. The number of piperazine rings is 1. The third-order valence-corrected chi connectivity index (χ3v) is 9.37. The van der Waals surface area contributed by atoms with Crippen LogP contribution in [0.15, 0.2) is 77.7 Å². The Kier molecular flexibility index (Phi) is 9.28. The predicted octanol–water partition coefficient (Wildman–Crippen LogP) is 5.26. The van der Waals surface area contributed by atoms with E-state index in [1.165, 1.54) is 6.07 Å². The van der Waals surface area contributed by atoms with E-state index in [4.69, 9.17) is 16.3 Å². The van der Waals surface area contributed by atoms with Gasteiger partial charge in [-0.3, -0.25) is 4.79 Å². The average molecular weight is 585 g/mol. The maximum absolute atomic E-state index is 13.8. The highest BCUT2D eigenvalue weighted by Gasteiger charge is 2.30. The lowest BCUT2D eigenvalue weighted by Crippen LogP contribution is -2.47. The molecule has 40 heavy (non-hydrogen) atoms. The first-order valence-electron chi connectivity index (χ1n) is 13.3. The highest BCUT2D eigenvalue weighted by atomic mass is 35.5. The Bertz CT molecular complexity index is 1420. The van der Waals surface area contributed by atoms with Crippen molar-refractivity contribution in [1.82, 2.24) is 4.72 Å². The topological polar surface area (TPSA) is 91.0 Å². The van der Waals surface area contributed by atoms with E-state index in [9.17, 15) is 13.2 Å². The van der Waals surface area contributed by atoms with E-state index in [0.29, 0.717) is 37.6 Å². The summed E-state index contributed by atoms with van der Waals surface area (Å²) in [5.74, 6) is 0.655. The molecule has 0 bridgehead atoms. The Hall–Kier alpha value is -3.27. The van der Waals surface area contributed by atoms with Crippen molar-refractivity contribution in [2.24, 2.45) is 5.41 Å². The van der Waals surface area contributed by atoms with E-state index >= 15 is 0 Å². The van der Waals surface area contributed by atoms with Crippen molar-refractivity contribution >= 4 is 44.6 Å². The number of hydrogen-bond acceptors (Lipinski definition) is 6. The van der Waals surface area contributed by atoms with Crippen LogP contribution in [0.4, 0.5) is 17.1 Å². The van der Waals surface area contributed by atoms with Crippen LogP contribution in [0.25, 0.3) is 0 Å². The van der Waals surface area contributed by atoms with Gasteiger partial charge in [-0.1, -0.05) is 42.5 Å². The van der Waals surface area contributed by atoms with Crippen LogP contribution in [0.3, 0.4) is 0 Å². The molecule has 0 aromatic heterocycles. The molecular weight excluding hydrogens is 548 g/mol. The molecule has 1 amide bonds. The SMILES string of the molecule is COc1ccccc1N1CCN(c2ccc(NC(=O)C(C)(C)CCl)cc2S(=O)(=O)N[C@@H](C)c2ccccc2)CC1. The van der Waals surface area contributed by atoms with Gasteiger partial charge in [-0.2, -0.15) is 0 Å². The van der Waals surface area contributed by atoms with Gasteiger partial charge in [0.2, 0.25) is 15.9 Å². The van der Waals surface area contributed by atoms with Crippen molar-refractivity contribution in [1.29, 1.82) is 0 Å². The molecule has 3 aromatic carbocycles. The van der Waals surface area contributed by atoms with Gasteiger partial charge in [0.05, 0.1) is 23.9 Å². The van der Waals surface area contributed by atoms with Crippen molar-refractivity contribution in [3.05, 3.63) is 78.4 Å². The minimum Gasteiger partial charge on any atom is -0.495 e. The van der Waals surface area contributed by atoms with Gasteiger partial charge in [-0.15, -0.1) is 11.6 Å². The molecule has 8 nitrogen and oxygen atoms in total.